The van der Waals surface area contributed by atoms with Gasteiger partial charge in [-0.1, -0.05) is 0 Å². The molecule has 0 spiro atoms. The molecule has 3 rings (SSSR count). The van der Waals surface area contributed by atoms with E-state index in [4.69, 9.17) is 4.42 Å². The molecule has 0 bridgehead atoms. The van der Waals surface area contributed by atoms with Gasteiger partial charge in [0.1, 0.15) is 0 Å². The van der Waals surface area contributed by atoms with Crippen molar-refractivity contribution in [1.82, 2.24) is 9.97 Å². The van der Waals surface area contributed by atoms with Gasteiger partial charge in [0.25, 0.3) is 5.91 Å². The Labute approximate surface area is 128 Å². The lowest BCUT2D eigenvalue weighted by Gasteiger charge is -2.06. The molecule has 1 aromatic carbocycles. The van der Waals surface area contributed by atoms with Crippen LogP contribution in [-0.2, 0) is 0 Å². The number of aromatic amines is 2. The van der Waals surface area contributed by atoms with E-state index in [1.54, 1.807) is 24.3 Å². The summed E-state index contributed by atoms with van der Waals surface area (Å²) < 4.78 is 6.31. The third-order valence-electron chi connectivity index (χ3n) is 2.65. The van der Waals surface area contributed by atoms with Crippen molar-refractivity contribution in [3.63, 3.8) is 0 Å². The Morgan fingerprint density at radius 3 is 2.50 bits per heavy atom. The summed E-state index contributed by atoms with van der Waals surface area (Å²) in [7, 11) is 0. The predicted molar refractivity (Wildman–Crippen MR) is 81.0 cm³/mol. The molecule has 0 aliphatic heterocycles. The van der Waals surface area contributed by atoms with E-state index in [9.17, 15) is 9.59 Å². The predicted octanol–water partition coefficient (Wildman–Crippen LogP) is 3.23. The number of amides is 1. The molecule has 2 heterocycles. The molecule has 3 aromatic rings. The van der Waals surface area contributed by atoms with Crippen LogP contribution in [0.4, 0.5) is 5.69 Å². The summed E-state index contributed by atoms with van der Waals surface area (Å²) in [5.41, 5.74) is 1.49. The molecule has 3 N–H and O–H groups in total. The van der Waals surface area contributed by atoms with Gasteiger partial charge in [-0.15, -0.1) is 0 Å². The van der Waals surface area contributed by atoms with Gasteiger partial charge in [0.2, 0.25) is 0 Å². The van der Waals surface area contributed by atoms with Crippen LogP contribution in [0.1, 0.15) is 10.6 Å². The number of halogens is 2. The number of aromatic nitrogens is 2. The Kier molecular flexibility index (Phi) is 3.27. The first-order valence-electron chi connectivity index (χ1n) is 5.51. The van der Waals surface area contributed by atoms with Crippen LogP contribution in [0.5, 0.6) is 0 Å². The third-order valence-corrected chi connectivity index (χ3v) is 3.73. The zero-order valence-corrected chi connectivity index (χ0v) is 13.0. The van der Waals surface area contributed by atoms with Gasteiger partial charge in [0.15, 0.2) is 10.4 Å². The van der Waals surface area contributed by atoms with Crippen molar-refractivity contribution in [3.05, 3.63) is 49.7 Å². The number of carbonyl (C=O) groups excluding carboxylic acids is 1. The van der Waals surface area contributed by atoms with E-state index in [1.807, 2.05) is 0 Å². The molecule has 0 fully saturated rings. The maximum absolute atomic E-state index is 12.0. The minimum atomic E-state index is -0.381. The van der Waals surface area contributed by atoms with Gasteiger partial charge >= 0.3 is 5.69 Å². The van der Waals surface area contributed by atoms with Crippen LogP contribution in [-0.4, -0.2) is 15.9 Å². The van der Waals surface area contributed by atoms with Crippen LogP contribution in [0.2, 0.25) is 0 Å². The minimum Gasteiger partial charge on any atom is -0.444 e. The van der Waals surface area contributed by atoms with Gasteiger partial charge in [-0.25, -0.2) is 4.79 Å². The van der Waals surface area contributed by atoms with Crippen LogP contribution >= 0.6 is 31.9 Å². The summed E-state index contributed by atoms with van der Waals surface area (Å²) in [6.07, 6.45) is 0. The number of carbonyl (C=O) groups is 1. The second-order valence-corrected chi connectivity index (χ2v) is 5.65. The summed E-state index contributed by atoms with van der Waals surface area (Å²) in [4.78, 5) is 28.5. The molecule has 0 radical (unpaired) electrons. The number of hydrogen-bond acceptors (Lipinski definition) is 3. The number of nitrogens with one attached hydrogen (secondary N) is 3. The SMILES string of the molecule is O=C(Nc1cc2[nH]c(=O)[nH]c2cc1Br)c1ccc(Br)o1. The number of imidazole rings is 1. The number of hydrogen-bond donors (Lipinski definition) is 3. The Balaban J connectivity index is 1.95. The largest absolute Gasteiger partial charge is 0.444 e. The van der Waals surface area contributed by atoms with Gasteiger partial charge in [0.05, 0.1) is 16.7 Å². The van der Waals surface area contributed by atoms with Crippen LogP contribution in [0, 0.1) is 0 Å². The normalized spacial score (nSPS) is 10.9. The number of furan rings is 1. The zero-order chi connectivity index (χ0) is 14.3. The standard InChI is InChI=1S/C12H7Br2N3O3/c13-5-3-7-8(17-12(19)16-7)4-6(5)15-11(18)9-1-2-10(14)20-9/h1-4H,(H,15,18)(H2,16,17,19). The van der Waals surface area contributed by atoms with E-state index >= 15 is 0 Å². The summed E-state index contributed by atoms with van der Waals surface area (Å²) >= 11 is 6.48. The number of fused-ring (bicyclic) bond motifs is 1. The number of H-pyrrole nitrogens is 2. The molecule has 20 heavy (non-hydrogen) atoms. The first-order chi connectivity index (χ1) is 9.52. The summed E-state index contributed by atoms with van der Waals surface area (Å²) in [6.45, 7) is 0. The molecule has 6 nitrogen and oxygen atoms in total. The van der Waals surface area contributed by atoms with Crippen LogP contribution < -0.4 is 11.0 Å². The monoisotopic (exact) mass is 399 g/mol. The lowest BCUT2D eigenvalue weighted by atomic mass is 10.2. The summed E-state index contributed by atoms with van der Waals surface area (Å²) in [5.74, 6) is -0.194. The number of benzene rings is 1. The highest BCUT2D eigenvalue weighted by molar-refractivity contribution is 9.10. The van der Waals surface area contributed by atoms with Crippen molar-refractivity contribution in [2.24, 2.45) is 0 Å². The highest BCUT2D eigenvalue weighted by atomic mass is 79.9. The van der Waals surface area contributed by atoms with Crippen molar-refractivity contribution in [2.75, 3.05) is 5.32 Å². The first kappa shape index (κ1) is 13.2. The van der Waals surface area contributed by atoms with E-state index in [0.29, 0.717) is 25.9 Å². The van der Waals surface area contributed by atoms with Gasteiger partial charge < -0.3 is 19.7 Å². The van der Waals surface area contributed by atoms with E-state index in [-0.39, 0.29) is 17.4 Å². The summed E-state index contributed by atoms with van der Waals surface area (Å²) in [6, 6.07) is 6.56. The molecule has 0 unspecified atom stereocenters. The van der Waals surface area contributed by atoms with E-state index in [1.165, 1.54) is 0 Å². The fourth-order valence-electron chi connectivity index (χ4n) is 1.77. The smallest absolute Gasteiger partial charge is 0.323 e. The Bertz CT molecular complexity index is 862. The highest BCUT2D eigenvalue weighted by Crippen LogP contribution is 2.27. The Morgan fingerprint density at radius 1 is 1.15 bits per heavy atom. The lowest BCUT2D eigenvalue weighted by Crippen LogP contribution is -2.11. The molecule has 8 heteroatoms. The molecule has 0 saturated carbocycles. The lowest BCUT2D eigenvalue weighted by molar-refractivity contribution is 0.0995. The van der Waals surface area contributed by atoms with Gasteiger partial charge in [-0.05, 0) is 56.1 Å². The molecule has 1 amide bonds. The fourth-order valence-corrected chi connectivity index (χ4v) is 2.52. The second kappa shape index (κ2) is 4.95. The van der Waals surface area contributed by atoms with Crippen molar-refractivity contribution >= 4 is 54.5 Å². The van der Waals surface area contributed by atoms with Crippen LogP contribution in [0.25, 0.3) is 11.0 Å². The quantitative estimate of drug-likeness (QED) is 0.616. The first-order valence-corrected chi connectivity index (χ1v) is 7.10. The van der Waals surface area contributed by atoms with Crippen molar-refractivity contribution in [1.29, 1.82) is 0 Å². The number of anilines is 1. The third kappa shape index (κ3) is 2.44. The molecule has 0 saturated heterocycles. The van der Waals surface area contributed by atoms with E-state index in [0.717, 1.165) is 0 Å². The molecule has 2 aromatic heterocycles. The molecule has 0 aliphatic carbocycles. The summed E-state index contributed by atoms with van der Waals surface area (Å²) in [5, 5.41) is 2.70. The van der Waals surface area contributed by atoms with Crippen molar-refractivity contribution in [3.8, 4) is 0 Å². The average molecular weight is 401 g/mol. The molecule has 0 aliphatic rings. The van der Waals surface area contributed by atoms with E-state index < -0.39 is 0 Å². The fraction of sp³-hybridized carbons (Fsp3) is 0. The molecule has 0 atom stereocenters. The maximum Gasteiger partial charge on any atom is 0.323 e. The average Bonchev–Trinajstić information content (AvgIpc) is 2.95. The Morgan fingerprint density at radius 2 is 1.85 bits per heavy atom. The molecule has 102 valence electrons. The second-order valence-electron chi connectivity index (χ2n) is 4.01. The minimum absolute atomic E-state index is 0.187. The highest BCUT2D eigenvalue weighted by Gasteiger charge is 2.13. The van der Waals surface area contributed by atoms with E-state index in [2.05, 4.69) is 47.1 Å². The van der Waals surface area contributed by atoms with Gasteiger partial charge in [0, 0.05) is 4.47 Å². The zero-order valence-electron chi connectivity index (χ0n) is 9.79. The van der Waals surface area contributed by atoms with Crippen molar-refractivity contribution in [2.45, 2.75) is 0 Å². The van der Waals surface area contributed by atoms with Crippen LogP contribution in [0.15, 0.2) is 42.6 Å². The maximum atomic E-state index is 12.0. The Hall–Kier alpha value is -1.80. The number of rotatable bonds is 2. The topological polar surface area (TPSA) is 90.9 Å². The van der Waals surface area contributed by atoms with Gasteiger partial charge in [-0.2, -0.15) is 0 Å². The molecular formula is C12H7Br2N3O3. The van der Waals surface area contributed by atoms with Gasteiger partial charge in [-0.3, -0.25) is 4.79 Å². The molecular weight excluding hydrogens is 394 g/mol. The van der Waals surface area contributed by atoms with Crippen molar-refractivity contribution < 1.29 is 9.21 Å². The van der Waals surface area contributed by atoms with Crippen LogP contribution in [0.3, 0.4) is 0 Å².